The van der Waals surface area contributed by atoms with Crippen molar-refractivity contribution in [2.45, 2.75) is 39.7 Å². The van der Waals surface area contributed by atoms with Crippen LogP contribution in [0.5, 0.6) is 0 Å². The second-order valence-electron chi connectivity index (χ2n) is 4.14. The van der Waals surface area contributed by atoms with Crippen LogP contribution in [0.4, 0.5) is 0 Å². The quantitative estimate of drug-likeness (QED) is 0.652. The third kappa shape index (κ3) is 1.97. The summed E-state index contributed by atoms with van der Waals surface area (Å²) in [4.78, 5) is 10.5. The Balaban J connectivity index is 3.19. The van der Waals surface area contributed by atoms with Crippen LogP contribution in [0.25, 0.3) is 0 Å². The van der Waals surface area contributed by atoms with E-state index in [1.54, 1.807) is 0 Å². The smallest absolute Gasteiger partial charge is 0.170 e. The molecule has 0 fully saturated rings. The maximum Gasteiger partial charge on any atom is 0.170 e. The Morgan fingerprint density at radius 1 is 1.54 bits per heavy atom. The molecule has 0 saturated carbocycles. The summed E-state index contributed by atoms with van der Waals surface area (Å²) in [6, 6.07) is 1.86. The molecule has 0 bridgehead atoms. The summed E-state index contributed by atoms with van der Waals surface area (Å²) in [5.41, 5.74) is 1.67. The predicted octanol–water partition coefficient (Wildman–Crippen LogP) is 2.01. The molecular weight excluding hydrogens is 164 g/mol. The summed E-state index contributed by atoms with van der Waals surface area (Å²) in [6.07, 6.45) is 0.793. The third-order valence-electron chi connectivity index (χ3n) is 1.99. The third-order valence-corrected chi connectivity index (χ3v) is 1.99. The Labute approximate surface area is 78.8 Å². The van der Waals surface area contributed by atoms with Gasteiger partial charge in [0.1, 0.15) is 5.69 Å². The fourth-order valence-electron chi connectivity index (χ4n) is 1.34. The van der Waals surface area contributed by atoms with Crippen LogP contribution < -0.4 is 0 Å². The maximum absolute atomic E-state index is 10.5. The highest BCUT2D eigenvalue weighted by Gasteiger charge is 2.19. The molecular formula is C10H16N2O. The Kier molecular flexibility index (Phi) is 2.55. The molecule has 0 aliphatic carbocycles. The van der Waals surface area contributed by atoms with Crippen molar-refractivity contribution in [3.63, 3.8) is 0 Å². The van der Waals surface area contributed by atoms with Gasteiger partial charge >= 0.3 is 0 Å². The molecule has 0 spiro atoms. The van der Waals surface area contributed by atoms with Gasteiger partial charge in [-0.2, -0.15) is 5.10 Å². The highest BCUT2D eigenvalue weighted by atomic mass is 16.1. The van der Waals surface area contributed by atoms with Gasteiger partial charge in [-0.15, -0.1) is 0 Å². The Hall–Kier alpha value is -1.12. The van der Waals surface area contributed by atoms with E-state index in [0.717, 1.165) is 18.5 Å². The Bertz CT molecular complexity index is 307. The highest BCUT2D eigenvalue weighted by molar-refractivity contribution is 5.71. The monoisotopic (exact) mass is 180 g/mol. The maximum atomic E-state index is 10.5. The number of nitrogens with zero attached hydrogens (tertiary/aromatic N) is 2. The van der Waals surface area contributed by atoms with Gasteiger partial charge < -0.3 is 0 Å². The molecule has 0 amide bonds. The molecule has 3 nitrogen and oxygen atoms in total. The van der Waals surface area contributed by atoms with Gasteiger partial charge in [-0.05, 0) is 13.0 Å². The number of hydrogen-bond acceptors (Lipinski definition) is 2. The first-order valence-electron chi connectivity index (χ1n) is 4.52. The van der Waals surface area contributed by atoms with Crippen molar-refractivity contribution in [1.29, 1.82) is 0 Å². The molecule has 0 N–H and O–H groups in total. The van der Waals surface area contributed by atoms with Gasteiger partial charge in [0.2, 0.25) is 0 Å². The van der Waals surface area contributed by atoms with Gasteiger partial charge in [0.15, 0.2) is 6.29 Å². The van der Waals surface area contributed by atoms with Gasteiger partial charge in [-0.3, -0.25) is 9.48 Å². The normalized spacial score (nSPS) is 11.7. The van der Waals surface area contributed by atoms with Crippen LogP contribution in [0.2, 0.25) is 0 Å². The molecule has 1 aromatic heterocycles. The van der Waals surface area contributed by atoms with Crippen LogP contribution in [-0.4, -0.2) is 16.1 Å². The summed E-state index contributed by atoms with van der Waals surface area (Å²) in [7, 11) is 0. The van der Waals surface area contributed by atoms with Crippen LogP contribution in [0.1, 0.15) is 43.9 Å². The summed E-state index contributed by atoms with van der Waals surface area (Å²) >= 11 is 0. The van der Waals surface area contributed by atoms with Crippen molar-refractivity contribution >= 4 is 6.29 Å². The molecule has 0 saturated heterocycles. The summed E-state index contributed by atoms with van der Waals surface area (Å²) in [5, 5.41) is 4.16. The van der Waals surface area contributed by atoms with Crippen molar-refractivity contribution < 1.29 is 4.79 Å². The zero-order valence-corrected chi connectivity index (χ0v) is 8.66. The Morgan fingerprint density at radius 2 is 2.15 bits per heavy atom. The van der Waals surface area contributed by atoms with E-state index in [0.29, 0.717) is 5.69 Å². The van der Waals surface area contributed by atoms with E-state index in [2.05, 4.69) is 25.9 Å². The molecule has 3 heteroatoms. The molecule has 1 heterocycles. The molecule has 72 valence electrons. The van der Waals surface area contributed by atoms with E-state index in [-0.39, 0.29) is 5.41 Å². The van der Waals surface area contributed by atoms with Crippen molar-refractivity contribution in [2.75, 3.05) is 0 Å². The zero-order chi connectivity index (χ0) is 10.1. The molecule has 13 heavy (non-hydrogen) atoms. The minimum atomic E-state index is 0.0459. The minimum Gasteiger partial charge on any atom is -0.296 e. The topological polar surface area (TPSA) is 34.9 Å². The van der Waals surface area contributed by atoms with E-state index >= 15 is 0 Å². The van der Waals surface area contributed by atoms with Crippen molar-refractivity contribution in [3.05, 3.63) is 17.5 Å². The van der Waals surface area contributed by atoms with Crippen LogP contribution in [0.3, 0.4) is 0 Å². The number of rotatable bonds is 2. The fourth-order valence-corrected chi connectivity index (χ4v) is 1.34. The van der Waals surface area contributed by atoms with E-state index in [1.807, 2.05) is 17.7 Å². The summed E-state index contributed by atoms with van der Waals surface area (Å²) in [6.45, 7) is 9.18. The average molecular weight is 180 g/mol. The van der Waals surface area contributed by atoms with Crippen LogP contribution in [0, 0.1) is 0 Å². The lowest BCUT2D eigenvalue weighted by Crippen LogP contribution is -2.17. The average Bonchev–Trinajstić information content (AvgIpc) is 2.46. The lowest BCUT2D eigenvalue weighted by atomic mass is 9.92. The van der Waals surface area contributed by atoms with E-state index in [9.17, 15) is 4.79 Å². The van der Waals surface area contributed by atoms with Crippen molar-refractivity contribution in [1.82, 2.24) is 9.78 Å². The minimum absolute atomic E-state index is 0.0459. The molecule has 0 aliphatic rings. The van der Waals surface area contributed by atoms with Crippen LogP contribution in [0.15, 0.2) is 6.07 Å². The van der Waals surface area contributed by atoms with Gasteiger partial charge in [0, 0.05) is 17.7 Å². The van der Waals surface area contributed by atoms with Gasteiger partial charge in [-0.1, -0.05) is 20.8 Å². The largest absolute Gasteiger partial charge is 0.296 e. The second-order valence-corrected chi connectivity index (χ2v) is 4.14. The van der Waals surface area contributed by atoms with Crippen molar-refractivity contribution in [3.8, 4) is 0 Å². The molecule has 0 aliphatic heterocycles. The number of hydrogen-bond donors (Lipinski definition) is 0. The first-order valence-corrected chi connectivity index (χ1v) is 4.52. The van der Waals surface area contributed by atoms with E-state index < -0.39 is 0 Å². The SMILES string of the molecule is CCn1nc(C=O)cc1C(C)(C)C. The first kappa shape index (κ1) is 9.96. The number of aryl methyl sites for hydroxylation is 1. The summed E-state index contributed by atoms with van der Waals surface area (Å²) < 4.78 is 1.88. The molecule has 0 radical (unpaired) electrons. The Morgan fingerprint density at radius 3 is 2.46 bits per heavy atom. The number of carbonyl (C=O) groups is 1. The second kappa shape index (κ2) is 3.32. The number of aldehydes is 1. The summed E-state index contributed by atoms with van der Waals surface area (Å²) in [5.74, 6) is 0. The van der Waals surface area contributed by atoms with Gasteiger partial charge in [0.25, 0.3) is 0 Å². The van der Waals surface area contributed by atoms with Crippen molar-refractivity contribution in [2.24, 2.45) is 0 Å². The molecule has 0 aromatic carbocycles. The number of aromatic nitrogens is 2. The predicted molar refractivity (Wildman–Crippen MR) is 52.0 cm³/mol. The van der Waals surface area contributed by atoms with E-state index in [4.69, 9.17) is 0 Å². The highest BCUT2D eigenvalue weighted by Crippen LogP contribution is 2.22. The molecule has 0 atom stereocenters. The van der Waals surface area contributed by atoms with Crippen LogP contribution in [-0.2, 0) is 12.0 Å². The standard InChI is InChI=1S/C10H16N2O/c1-5-12-9(10(2,3)4)6-8(7-13)11-12/h6-7H,5H2,1-4H3. The first-order chi connectivity index (χ1) is 5.99. The van der Waals surface area contributed by atoms with Gasteiger partial charge in [-0.25, -0.2) is 0 Å². The fraction of sp³-hybridized carbons (Fsp3) is 0.600. The van der Waals surface area contributed by atoms with Gasteiger partial charge in [0.05, 0.1) is 0 Å². The molecule has 1 rings (SSSR count). The lowest BCUT2D eigenvalue weighted by Gasteiger charge is -2.19. The van der Waals surface area contributed by atoms with Crippen LogP contribution >= 0.6 is 0 Å². The molecule has 0 unspecified atom stereocenters. The molecule has 1 aromatic rings. The number of carbonyl (C=O) groups excluding carboxylic acids is 1. The lowest BCUT2D eigenvalue weighted by molar-refractivity contribution is 0.111. The zero-order valence-electron chi connectivity index (χ0n) is 8.66. The van der Waals surface area contributed by atoms with E-state index in [1.165, 1.54) is 0 Å².